The Hall–Kier alpha value is -1.15. The molecule has 0 aliphatic rings. The smallest absolute Gasteiger partial charge is 0.309 e. The van der Waals surface area contributed by atoms with E-state index in [1.165, 1.54) is 13.8 Å². The van der Waals surface area contributed by atoms with Crippen molar-refractivity contribution in [2.24, 2.45) is 5.41 Å². The fourth-order valence-corrected chi connectivity index (χ4v) is 1.45. The summed E-state index contributed by atoms with van der Waals surface area (Å²) in [5.41, 5.74) is -1.13. The summed E-state index contributed by atoms with van der Waals surface area (Å²) in [5, 5.41) is 11.2. The quantitative estimate of drug-likeness (QED) is 0.520. The van der Waals surface area contributed by atoms with Gasteiger partial charge in [-0.3, -0.25) is 9.59 Å². The van der Waals surface area contributed by atoms with E-state index in [4.69, 9.17) is 5.11 Å². The molecule has 1 amide bonds. The van der Waals surface area contributed by atoms with E-state index in [2.05, 4.69) is 10.0 Å². The van der Waals surface area contributed by atoms with Gasteiger partial charge in [0, 0.05) is 19.5 Å². The van der Waals surface area contributed by atoms with Gasteiger partial charge in [-0.25, -0.2) is 13.1 Å². The van der Waals surface area contributed by atoms with Gasteiger partial charge in [0.15, 0.2) is 0 Å². The van der Waals surface area contributed by atoms with Crippen molar-refractivity contribution in [2.45, 2.75) is 20.3 Å². The molecule has 3 N–H and O–H groups in total. The molecule has 0 saturated carbocycles. The molecule has 0 aromatic rings. The summed E-state index contributed by atoms with van der Waals surface area (Å²) >= 11 is 0. The van der Waals surface area contributed by atoms with Crippen molar-refractivity contribution in [1.82, 2.24) is 10.0 Å². The van der Waals surface area contributed by atoms with Gasteiger partial charge in [0.1, 0.15) is 0 Å². The molecule has 100 valence electrons. The fraction of sp³-hybridized carbons (Fsp3) is 0.778. The third-order valence-electron chi connectivity index (χ3n) is 1.99. The van der Waals surface area contributed by atoms with Gasteiger partial charge in [-0.2, -0.15) is 0 Å². The van der Waals surface area contributed by atoms with Crippen molar-refractivity contribution < 1.29 is 23.1 Å². The van der Waals surface area contributed by atoms with Crippen molar-refractivity contribution in [3.63, 3.8) is 0 Å². The Morgan fingerprint density at radius 3 is 2.18 bits per heavy atom. The van der Waals surface area contributed by atoms with E-state index < -0.39 is 27.3 Å². The summed E-state index contributed by atoms with van der Waals surface area (Å²) in [6.45, 7) is 3.10. The molecule has 17 heavy (non-hydrogen) atoms. The largest absolute Gasteiger partial charge is 0.481 e. The van der Waals surface area contributed by atoms with Gasteiger partial charge in [-0.1, -0.05) is 0 Å². The van der Waals surface area contributed by atoms with Gasteiger partial charge >= 0.3 is 5.97 Å². The summed E-state index contributed by atoms with van der Waals surface area (Å²) in [6.07, 6.45) is 0.865. The van der Waals surface area contributed by atoms with Crippen LogP contribution in [-0.4, -0.2) is 44.7 Å². The van der Waals surface area contributed by atoms with Crippen LogP contribution >= 0.6 is 0 Å². The highest BCUT2D eigenvalue weighted by molar-refractivity contribution is 7.88. The predicted molar refractivity (Wildman–Crippen MR) is 61.9 cm³/mol. The zero-order valence-corrected chi connectivity index (χ0v) is 10.9. The highest BCUT2D eigenvalue weighted by Gasteiger charge is 2.29. The molecule has 0 bridgehead atoms. The number of hydrogen-bond donors (Lipinski definition) is 3. The molecule has 0 heterocycles. The van der Waals surface area contributed by atoms with Crippen LogP contribution < -0.4 is 10.0 Å². The zero-order valence-electron chi connectivity index (χ0n) is 10.1. The number of rotatable bonds is 7. The number of carboxylic acid groups (broad SMARTS) is 1. The first-order valence-corrected chi connectivity index (χ1v) is 6.88. The number of carbonyl (C=O) groups is 2. The lowest BCUT2D eigenvalue weighted by atomic mass is 9.89. The molecule has 0 aromatic carbocycles. The number of sulfonamides is 1. The zero-order chi connectivity index (χ0) is 13.7. The monoisotopic (exact) mass is 266 g/mol. The third kappa shape index (κ3) is 7.70. The Morgan fingerprint density at radius 2 is 1.76 bits per heavy atom. The second-order valence-electron chi connectivity index (χ2n) is 4.38. The number of hydrogen-bond acceptors (Lipinski definition) is 4. The van der Waals surface area contributed by atoms with E-state index in [-0.39, 0.29) is 19.5 Å². The molecule has 0 fully saturated rings. The lowest BCUT2D eigenvalue weighted by molar-refractivity contribution is -0.149. The number of carboxylic acids is 1. The summed E-state index contributed by atoms with van der Waals surface area (Å²) in [4.78, 5) is 22.1. The van der Waals surface area contributed by atoms with E-state index in [1.807, 2.05) is 0 Å². The minimum atomic E-state index is -3.27. The maximum atomic E-state index is 11.3. The summed E-state index contributed by atoms with van der Waals surface area (Å²) in [7, 11) is -3.27. The summed E-state index contributed by atoms with van der Waals surface area (Å²) < 4.78 is 23.6. The average Bonchev–Trinajstić information content (AvgIpc) is 2.10. The van der Waals surface area contributed by atoms with Crippen LogP contribution in [0.25, 0.3) is 0 Å². The highest BCUT2D eigenvalue weighted by Crippen LogP contribution is 2.19. The molecule has 0 spiro atoms. The Bertz CT molecular complexity index is 388. The summed E-state index contributed by atoms with van der Waals surface area (Å²) in [5.74, 6) is -1.48. The number of carbonyl (C=O) groups excluding carboxylic acids is 1. The number of aliphatic carboxylic acids is 1. The van der Waals surface area contributed by atoms with Crippen molar-refractivity contribution in [3.8, 4) is 0 Å². The first-order valence-electron chi connectivity index (χ1n) is 4.99. The maximum absolute atomic E-state index is 11.3. The van der Waals surface area contributed by atoms with Crippen LogP contribution in [0.4, 0.5) is 0 Å². The van der Waals surface area contributed by atoms with Gasteiger partial charge in [-0.15, -0.1) is 0 Å². The van der Waals surface area contributed by atoms with Crippen molar-refractivity contribution in [1.29, 1.82) is 0 Å². The first-order chi connectivity index (χ1) is 7.54. The molecule has 0 unspecified atom stereocenters. The lowest BCUT2D eigenvalue weighted by Gasteiger charge is -2.18. The topological polar surface area (TPSA) is 113 Å². The Balaban J connectivity index is 3.94. The third-order valence-corrected chi connectivity index (χ3v) is 2.72. The van der Waals surface area contributed by atoms with Crippen LogP contribution in [0.5, 0.6) is 0 Å². The Kier molecular flexibility index (Phi) is 5.56. The minimum absolute atomic E-state index is 0.0814. The van der Waals surface area contributed by atoms with Gasteiger partial charge in [0.05, 0.1) is 11.7 Å². The maximum Gasteiger partial charge on any atom is 0.309 e. The van der Waals surface area contributed by atoms with Crippen LogP contribution in [0.1, 0.15) is 20.3 Å². The van der Waals surface area contributed by atoms with Crippen LogP contribution in [0, 0.1) is 5.41 Å². The van der Waals surface area contributed by atoms with E-state index in [0.717, 1.165) is 6.26 Å². The number of amides is 1. The van der Waals surface area contributed by atoms with E-state index in [9.17, 15) is 18.0 Å². The minimum Gasteiger partial charge on any atom is -0.481 e. The normalized spacial score (nSPS) is 12.2. The number of nitrogens with one attached hydrogen (secondary N) is 2. The summed E-state index contributed by atoms with van der Waals surface area (Å²) in [6, 6.07) is 0. The second kappa shape index (κ2) is 5.97. The fourth-order valence-electron chi connectivity index (χ4n) is 0.978. The molecule has 0 aliphatic carbocycles. The van der Waals surface area contributed by atoms with E-state index in [0.29, 0.717) is 0 Å². The van der Waals surface area contributed by atoms with Gasteiger partial charge < -0.3 is 10.4 Å². The van der Waals surface area contributed by atoms with Crippen molar-refractivity contribution in [3.05, 3.63) is 0 Å². The SMILES string of the molecule is CC(C)(CC(=O)NCCNS(C)(=O)=O)C(=O)O. The predicted octanol–water partition coefficient (Wildman–Crippen LogP) is -0.847. The molecule has 0 atom stereocenters. The molecule has 0 saturated heterocycles. The van der Waals surface area contributed by atoms with Gasteiger partial charge in [-0.05, 0) is 13.8 Å². The molecule has 0 aromatic heterocycles. The lowest BCUT2D eigenvalue weighted by Crippen LogP contribution is -2.37. The molecular weight excluding hydrogens is 248 g/mol. The average molecular weight is 266 g/mol. The van der Waals surface area contributed by atoms with Crippen LogP contribution in [-0.2, 0) is 19.6 Å². The first kappa shape index (κ1) is 15.9. The Morgan fingerprint density at radius 1 is 1.24 bits per heavy atom. The van der Waals surface area contributed by atoms with Crippen molar-refractivity contribution >= 4 is 21.9 Å². The molecule has 8 heteroatoms. The van der Waals surface area contributed by atoms with E-state index >= 15 is 0 Å². The second-order valence-corrected chi connectivity index (χ2v) is 6.22. The van der Waals surface area contributed by atoms with Crippen LogP contribution in [0.3, 0.4) is 0 Å². The molecule has 0 radical (unpaired) electrons. The molecule has 0 aliphatic heterocycles. The standard InChI is InChI=1S/C9H18N2O5S/c1-9(2,8(13)14)6-7(12)10-4-5-11-17(3,15)16/h11H,4-6H2,1-3H3,(H,10,12)(H,13,14). The molecule has 0 rings (SSSR count). The van der Waals surface area contributed by atoms with Crippen LogP contribution in [0.2, 0.25) is 0 Å². The molecular formula is C9H18N2O5S. The highest BCUT2D eigenvalue weighted by atomic mass is 32.2. The molecule has 7 nitrogen and oxygen atoms in total. The van der Waals surface area contributed by atoms with Gasteiger partial charge in [0.25, 0.3) is 0 Å². The van der Waals surface area contributed by atoms with Gasteiger partial charge in [0.2, 0.25) is 15.9 Å². The Labute approximate surface area is 101 Å². The van der Waals surface area contributed by atoms with Crippen molar-refractivity contribution in [2.75, 3.05) is 19.3 Å². The van der Waals surface area contributed by atoms with Crippen LogP contribution in [0.15, 0.2) is 0 Å². The van der Waals surface area contributed by atoms with E-state index in [1.54, 1.807) is 0 Å².